The third kappa shape index (κ3) is 1.78. The quantitative estimate of drug-likeness (QED) is 0.571. The molecule has 0 amide bonds. The van der Waals surface area contributed by atoms with Crippen LogP contribution in [-0.4, -0.2) is 19.9 Å². The lowest BCUT2D eigenvalue weighted by Crippen LogP contribution is -2.23. The molecule has 0 bridgehead atoms. The summed E-state index contributed by atoms with van der Waals surface area (Å²) in [6.45, 7) is 0. The van der Waals surface area contributed by atoms with Gasteiger partial charge in [-0.1, -0.05) is 12.1 Å². The highest BCUT2D eigenvalue weighted by Crippen LogP contribution is 2.10. The fraction of sp³-hybridized carbons (Fsp3) is 0. The summed E-state index contributed by atoms with van der Waals surface area (Å²) in [5.74, 6) is 0. The van der Waals surface area contributed by atoms with E-state index in [-0.39, 0.29) is 23.6 Å². The summed E-state index contributed by atoms with van der Waals surface area (Å²) >= 11 is 0. The molecule has 0 fully saturated rings. The Labute approximate surface area is 100 Å². The minimum atomic E-state index is -0.581. The van der Waals surface area contributed by atoms with Crippen molar-refractivity contribution in [1.82, 2.24) is 19.9 Å². The number of benzene rings is 1. The highest BCUT2D eigenvalue weighted by Gasteiger charge is 2.05. The number of H-pyrrole nitrogens is 2. The maximum Gasteiger partial charge on any atom is 0.327 e. The summed E-state index contributed by atoms with van der Waals surface area (Å²) in [5, 5.41) is 0. The molecule has 0 aliphatic heterocycles. The van der Waals surface area contributed by atoms with E-state index in [4.69, 9.17) is 0 Å². The molecule has 2 aromatic heterocycles. The first-order valence-corrected chi connectivity index (χ1v) is 4.63. The Morgan fingerprint density at radius 2 is 1.59 bits per heavy atom. The third-order valence-corrected chi connectivity index (χ3v) is 2.24. The van der Waals surface area contributed by atoms with Gasteiger partial charge in [0.25, 0.3) is 5.56 Å². The van der Waals surface area contributed by atoms with Gasteiger partial charge in [0, 0.05) is 0 Å². The second-order valence-corrected chi connectivity index (χ2v) is 3.32. The molecule has 0 saturated heterocycles. The van der Waals surface area contributed by atoms with E-state index in [2.05, 4.69) is 19.9 Å². The number of aromatic amines is 2. The van der Waals surface area contributed by atoms with Crippen molar-refractivity contribution in [3.8, 4) is 0 Å². The van der Waals surface area contributed by atoms with Gasteiger partial charge in [-0.05, 0) is 12.1 Å². The van der Waals surface area contributed by atoms with Gasteiger partial charge in [0.05, 0.1) is 11.0 Å². The van der Waals surface area contributed by atoms with Crippen molar-refractivity contribution in [3.63, 3.8) is 0 Å². The molecule has 1 aromatic carbocycles. The van der Waals surface area contributed by atoms with Gasteiger partial charge in [-0.15, -0.1) is 12.4 Å². The number of hydrogen-bond donors (Lipinski definition) is 2. The third-order valence-electron chi connectivity index (χ3n) is 2.24. The monoisotopic (exact) mass is 250 g/mol. The molecule has 0 radical (unpaired) electrons. The number of aromatic nitrogens is 4. The van der Waals surface area contributed by atoms with Crippen molar-refractivity contribution in [1.29, 1.82) is 0 Å². The molecule has 0 unspecified atom stereocenters. The summed E-state index contributed by atoms with van der Waals surface area (Å²) in [6.07, 6.45) is 0. The first-order chi connectivity index (χ1) is 7.74. The number of halogens is 1. The molecule has 2 heterocycles. The molecular formula is C10H7ClN4O2. The van der Waals surface area contributed by atoms with Gasteiger partial charge in [-0.25, -0.2) is 14.8 Å². The lowest BCUT2D eigenvalue weighted by Gasteiger charge is -1.98. The molecule has 0 spiro atoms. The molecule has 86 valence electrons. The van der Waals surface area contributed by atoms with Crippen molar-refractivity contribution in [2.45, 2.75) is 0 Å². The van der Waals surface area contributed by atoms with Crippen LogP contribution >= 0.6 is 12.4 Å². The molecule has 7 heteroatoms. The van der Waals surface area contributed by atoms with E-state index in [1.165, 1.54) is 0 Å². The van der Waals surface area contributed by atoms with E-state index in [9.17, 15) is 9.59 Å². The van der Waals surface area contributed by atoms with Crippen LogP contribution < -0.4 is 11.2 Å². The van der Waals surface area contributed by atoms with Crippen LogP contribution in [0.4, 0.5) is 0 Å². The number of hydrogen-bond acceptors (Lipinski definition) is 4. The zero-order valence-electron chi connectivity index (χ0n) is 8.43. The molecule has 0 aliphatic rings. The van der Waals surface area contributed by atoms with Crippen LogP contribution in [0.3, 0.4) is 0 Å². The van der Waals surface area contributed by atoms with Crippen LogP contribution in [0.5, 0.6) is 0 Å². The molecule has 3 aromatic rings. The van der Waals surface area contributed by atoms with Crippen LogP contribution in [0.1, 0.15) is 0 Å². The Hall–Kier alpha value is -2.21. The normalized spacial score (nSPS) is 10.4. The molecule has 3 rings (SSSR count). The van der Waals surface area contributed by atoms with E-state index >= 15 is 0 Å². The Morgan fingerprint density at radius 3 is 2.29 bits per heavy atom. The summed E-state index contributed by atoms with van der Waals surface area (Å²) in [7, 11) is 0. The standard InChI is InChI=1S/C10H6N4O2.ClH/c15-9-7-8(13-10(16)14-9)12-6-4-2-1-3-5(6)11-7;/h1-4H,(H2,12,13,14,15,16);1H. The summed E-state index contributed by atoms with van der Waals surface area (Å²) < 4.78 is 0. The Bertz CT molecular complexity index is 808. The van der Waals surface area contributed by atoms with Gasteiger partial charge >= 0.3 is 5.69 Å². The van der Waals surface area contributed by atoms with Gasteiger partial charge < -0.3 is 0 Å². The summed E-state index contributed by atoms with van der Waals surface area (Å²) in [6, 6.07) is 7.14. The summed E-state index contributed by atoms with van der Waals surface area (Å²) in [5.41, 5.74) is 0.480. The van der Waals surface area contributed by atoms with E-state index in [0.29, 0.717) is 11.0 Å². The fourth-order valence-corrected chi connectivity index (χ4v) is 1.55. The zero-order valence-corrected chi connectivity index (χ0v) is 9.25. The molecule has 17 heavy (non-hydrogen) atoms. The molecule has 0 atom stereocenters. The topological polar surface area (TPSA) is 91.5 Å². The second kappa shape index (κ2) is 3.99. The Balaban J connectivity index is 0.00000108. The lowest BCUT2D eigenvalue weighted by atomic mass is 10.3. The highest BCUT2D eigenvalue weighted by molar-refractivity contribution is 5.85. The maximum atomic E-state index is 11.5. The molecule has 2 N–H and O–H groups in total. The summed E-state index contributed by atoms with van der Waals surface area (Å²) in [4.78, 5) is 35.4. The van der Waals surface area contributed by atoms with Crippen molar-refractivity contribution in [2.24, 2.45) is 0 Å². The van der Waals surface area contributed by atoms with Crippen LogP contribution in [-0.2, 0) is 0 Å². The first-order valence-electron chi connectivity index (χ1n) is 4.63. The number of nitrogens with one attached hydrogen (secondary N) is 2. The largest absolute Gasteiger partial charge is 0.327 e. The lowest BCUT2D eigenvalue weighted by molar-refractivity contribution is 1.05. The van der Waals surface area contributed by atoms with Gasteiger partial charge in [-0.2, -0.15) is 0 Å². The molecule has 0 saturated carbocycles. The van der Waals surface area contributed by atoms with Gasteiger partial charge in [0.15, 0.2) is 11.2 Å². The van der Waals surface area contributed by atoms with Gasteiger partial charge in [0.2, 0.25) is 0 Å². The van der Waals surface area contributed by atoms with Crippen molar-refractivity contribution in [3.05, 3.63) is 45.1 Å². The minimum absolute atomic E-state index is 0. The number of rotatable bonds is 0. The Morgan fingerprint density at radius 1 is 0.941 bits per heavy atom. The van der Waals surface area contributed by atoms with Crippen LogP contribution in [0.2, 0.25) is 0 Å². The minimum Gasteiger partial charge on any atom is -0.290 e. The number of fused-ring (bicyclic) bond motifs is 2. The maximum absolute atomic E-state index is 11.5. The number of nitrogens with zero attached hydrogens (tertiary/aromatic N) is 2. The fourth-order valence-electron chi connectivity index (χ4n) is 1.55. The molecule has 0 aliphatic carbocycles. The van der Waals surface area contributed by atoms with Crippen molar-refractivity contribution in [2.75, 3.05) is 0 Å². The average molecular weight is 251 g/mol. The first kappa shape index (κ1) is 11.3. The second-order valence-electron chi connectivity index (χ2n) is 3.32. The van der Waals surface area contributed by atoms with Gasteiger partial charge in [0.1, 0.15) is 0 Å². The number of para-hydroxylation sites is 2. The van der Waals surface area contributed by atoms with E-state index in [0.717, 1.165) is 0 Å². The predicted molar refractivity (Wildman–Crippen MR) is 65.5 cm³/mol. The van der Waals surface area contributed by atoms with E-state index in [1.807, 2.05) is 12.1 Å². The van der Waals surface area contributed by atoms with Crippen molar-refractivity contribution < 1.29 is 0 Å². The SMILES string of the molecule is Cl.O=c1[nH]c(=O)c2nc3ccccc3nc2[nH]1. The van der Waals surface area contributed by atoms with Crippen molar-refractivity contribution >= 4 is 34.6 Å². The highest BCUT2D eigenvalue weighted by atomic mass is 35.5. The molecular weight excluding hydrogens is 244 g/mol. The van der Waals surface area contributed by atoms with E-state index < -0.39 is 11.2 Å². The zero-order chi connectivity index (χ0) is 11.1. The van der Waals surface area contributed by atoms with Gasteiger partial charge in [-0.3, -0.25) is 14.8 Å². The van der Waals surface area contributed by atoms with Crippen LogP contribution in [0.25, 0.3) is 22.2 Å². The van der Waals surface area contributed by atoms with Crippen LogP contribution in [0, 0.1) is 0 Å². The average Bonchev–Trinajstić information content (AvgIpc) is 2.27. The molecule has 6 nitrogen and oxygen atoms in total. The van der Waals surface area contributed by atoms with Crippen LogP contribution in [0.15, 0.2) is 33.9 Å². The predicted octanol–water partition coefficient (Wildman–Crippen LogP) is 0.581. The van der Waals surface area contributed by atoms with E-state index in [1.54, 1.807) is 12.1 Å². The Kier molecular flexibility index (Phi) is 2.64. The smallest absolute Gasteiger partial charge is 0.290 e.